The van der Waals surface area contributed by atoms with Crippen LogP contribution in [-0.4, -0.2) is 24.1 Å². The number of fused-ring (bicyclic) bond motifs is 1. The second-order valence-corrected chi connectivity index (χ2v) is 7.10. The van der Waals surface area contributed by atoms with Gasteiger partial charge in [0.25, 0.3) is 5.91 Å². The van der Waals surface area contributed by atoms with E-state index in [9.17, 15) is 9.59 Å². The third-order valence-corrected chi connectivity index (χ3v) is 5.59. The van der Waals surface area contributed by atoms with Crippen molar-refractivity contribution in [1.82, 2.24) is 5.16 Å². The van der Waals surface area contributed by atoms with E-state index in [2.05, 4.69) is 17.4 Å². The summed E-state index contributed by atoms with van der Waals surface area (Å²) in [6, 6.07) is 1.56. The Hall–Kier alpha value is -2.15. The van der Waals surface area contributed by atoms with Gasteiger partial charge < -0.3 is 14.6 Å². The Balaban J connectivity index is 1.93. The number of hydrogen-bond acceptors (Lipinski definition) is 6. The molecule has 0 spiro atoms. The molecule has 1 aliphatic rings. The minimum absolute atomic E-state index is 0.195. The first kappa shape index (κ1) is 16.7. The number of methoxy groups -OCH3 is 1. The lowest BCUT2D eigenvalue weighted by Crippen LogP contribution is -2.16. The second-order valence-electron chi connectivity index (χ2n) is 5.99. The lowest BCUT2D eigenvalue weighted by Gasteiger charge is -2.20. The monoisotopic (exact) mass is 348 g/mol. The summed E-state index contributed by atoms with van der Waals surface area (Å²) in [7, 11) is 1.36. The summed E-state index contributed by atoms with van der Waals surface area (Å²) in [5.41, 5.74) is 1.70. The molecule has 24 heavy (non-hydrogen) atoms. The first-order valence-corrected chi connectivity index (χ1v) is 8.82. The van der Waals surface area contributed by atoms with E-state index in [4.69, 9.17) is 9.26 Å². The topological polar surface area (TPSA) is 81.4 Å². The highest BCUT2D eigenvalue weighted by Gasteiger charge is 2.30. The fourth-order valence-electron chi connectivity index (χ4n) is 3.05. The number of aromatic nitrogens is 1. The molecule has 1 atom stereocenters. The van der Waals surface area contributed by atoms with Gasteiger partial charge in [-0.25, -0.2) is 4.79 Å². The average molecular weight is 348 g/mol. The van der Waals surface area contributed by atoms with Crippen molar-refractivity contribution in [2.75, 3.05) is 12.4 Å². The summed E-state index contributed by atoms with van der Waals surface area (Å²) in [5.74, 6) is 0.393. The van der Waals surface area contributed by atoms with Gasteiger partial charge in [-0.1, -0.05) is 18.5 Å². The van der Waals surface area contributed by atoms with Crippen LogP contribution in [0.1, 0.15) is 56.8 Å². The zero-order valence-corrected chi connectivity index (χ0v) is 14.8. The lowest BCUT2D eigenvalue weighted by atomic mass is 9.85. The van der Waals surface area contributed by atoms with E-state index in [1.54, 1.807) is 13.0 Å². The highest BCUT2D eigenvalue weighted by molar-refractivity contribution is 7.17. The molecule has 0 aromatic carbocycles. The largest absolute Gasteiger partial charge is 0.465 e. The van der Waals surface area contributed by atoms with Gasteiger partial charge in [0.15, 0.2) is 5.69 Å². The van der Waals surface area contributed by atoms with Crippen molar-refractivity contribution in [1.29, 1.82) is 0 Å². The van der Waals surface area contributed by atoms with Crippen LogP contribution in [0.5, 0.6) is 0 Å². The molecule has 7 heteroatoms. The third kappa shape index (κ3) is 3.08. The standard InChI is InChI=1S/C17H20N2O4S/c1-4-10-5-6-11-13(8-10)24-16(14(11)17(21)22-3)18-15(20)12-7-9(2)23-19-12/h7,10H,4-6,8H2,1-3H3,(H,18,20)/t10-/m1/s1. The molecule has 0 saturated carbocycles. The summed E-state index contributed by atoms with van der Waals surface area (Å²) in [4.78, 5) is 25.8. The van der Waals surface area contributed by atoms with Crippen molar-refractivity contribution in [3.8, 4) is 0 Å². The van der Waals surface area contributed by atoms with E-state index in [-0.39, 0.29) is 11.6 Å². The highest BCUT2D eigenvalue weighted by Crippen LogP contribution is 2.40. The Bertz CT molecular complexity index is 778. The zero-order chi connectivity index (χ0) is 17.3. The maximum atomic E-state index is 12.3. The molecule has 0 aliphatic heterocycles. The number of carbonyl (C=O) groups excluding carboxylic acids is 2. The quantitative estimate of drug-likeness (QED) is 0.854. The van der Waals surface area contributed by atoms with Crippen LogP contribution in [0.4, 0.5) is 5.00 Å². The van der Waals surface area contributed by atoms with Crippen LogP contribution < -0.4 is 5.32 Å². The van der Waals surface area contributed by atoms with Gasteiger partial charge in [-0.3, -0.25) is 4.79 Å². The molecule has 2 aromatic rings. The minimum atomic E-state index is -0.408. The lowest BCUT2D eigenvalue weighted by molar-refractivity contribution is 0.0601. The number of hydrogen-bond donors (Lipinski definition) is 1. The number of aryl methyl sites for hydroxylation is 1. The molecule has 0 bridgehead atoms. The molecule has 1 amide bonds. The number of anilines is 1. The molecule has 1 N–H and O–H groups in total. The summed E-state index contributed by atoms with van der Waals surface area (Å²) in [5, 5.41) is 7.05. The van der Waals surface area contributed by atoms with Crippen LogP contribution in [0.2, 0.25) is 0 Å². The van der Waals surface area contributed by atoms with Crippen molar-refractivity contribution in [3.63, 3.8) is 0 Å². The van der Waals surface area contributed by atoms with E-state index in [1.165, 1.54) is 23.3 Å². The summed E-state index contributed by atoms with van der Waals surface area (Å²) in [6.07, 6.45) is 3.96. The number of amides is 1. The number of ether oxygens (including phenoxy) is 1. The van der Waals surface area contributed by atoms with Gasteiger partial charge in [-0.15, -0.1) is 11.3 Å². The van der Waals surface area contributed by atoms with E-state index in [0.29, 0.717) is 22.2 Å². The minimum Gasteiger partial charge on any atom is -0.465 e. The Kier molecular flexibility index (Phi) is 4.71. The van der Waals surface area contributed by atoms with Gasteiger partial charge in [-0.2, -0.15) is 0 Å². The fourth-order valence-corrected chi connectivity index (χ4v) is 4.39. The van der Waals surface area contributed by atoms with Gasteiger partial charge in [0.1, 0.15) is 10.8 Å². The van der Waals surface area contributed by atoms with Crippen LogP contribution >= 0.6 is 11.3 Å². The molecule has 3 rings (SSSR count). The molecular weight excluding hydrogens is 328 g/mol. The van der Waals surface area contributed by atoms with E-state index in [0.717, 1.165) is 31.2 Å². The number of rotatable bonds is 4. The normalized spacial score (nSPS) is 16.5. The Morgan fingerprint density at radius 1 is 1.50 bits per heavy atom. The van der Waals surface area contributed by atoms with Crippen molar-refractivity contribution in [3.05, 3.63) is 33.5 Å². The van der Waals surface area contributed by atoms with E-state index in [1.807, 2.05) is 0 Å². The molecule has 1 aliphatic carbocycles. The van der Waals surface area contributed by atoms with Crippen molar-refractivity contribution in [2.45, 2.75) is 39.5 Å². The number of esters is 1. The first-order chi connectivity index (χ1) is 11.5. The predicted octanol–water partition coefficient (Wildman–Crippen LogP) is 3.60. The molecule has 0 fully saturated rings. The van der Waals surface area contributed by atoms with Crippen molar-refractivity contribution >= 4 is 28.2 Å². The van der Waals surface area contributed by atoms with Crippen molar-refractivity contribution in [2.24, 2.45) is 5.92 Å². The summed E-state index contributed by atoms with van der Waals surface area (Å²) in [6.45, 7) is 3.90. The molecule has 0 unspecified atom stereocenters. The Labute approximate surface area is 144 Å². The van der Waals surface area contributed by atoms with Gasteiger partial charge in [-0.05, 0) is 37.7 Å². The average Bonchev–Trinajstić information content (AvgIpc) is 3.16. The number of carbonyl (C=O) groups is 2. The van der Waals surface area contributed by atoms with Gasteiger partial charge in [0.2, 0.25) is 0 Å². The molecule has 2 heterocycles. The molecule has 128 valence electrons. The van der Waals surface area contributed by atoms with Gasteiger partial charge >= 0.3 is 5.97 Å². The molecule has 0 saturated heterocycles. The maximum Gasteiger partial charge on any atom is 0.341 e. The maximum absolute atomic E-state index is 12.3. The van der Waals surface area contributed by atoms with E-state index < -0.39 is 5.97 Å². The van der Waals surface area contributed by atoms with Gasteiger partial charge in [0, 0.05) is 10.9 Å². The smallest absolute Gasteiger partial charge is 0.341 e. The van der Waals surface area contributed by atoms with Crippen LogP contribution in [-0.2, 0) is 17.6 Å². The fraction of sp³-hybridized carbons (Fsp3) is 0.471. The van der Waals surface area contributed by atoms with Crippen LogP contribution in [0, 0.1) is 12.8 Å². The third-order valence-electron chi connectivity index (χ3n) is 4.42. The molecule has 2 aromatic heterocycles. The number of thiophene rings is 1. The Morgan fingerprint density at radius 2 is 2.29 bits per heavy atom. The summed E-state index contributed by atoms with van der Waals surface area (Å²) < 4.78 is 9.86. The second kappa shape index (κ2) is 6.76. The van der Waals surface area contributed by atoms with Gasteiger partial charge in [0.05, 0.1) is 12.7 Å². The molecule has 6 nitrogen and oxygen atoms in total. The molecular formula is C17H20N2O4S. The number of nitrogens with zero attached hydrogens (tertiary/aromatic N) is 1. The van der Waals surface area contributed by atoms with E-state index >= 15 is 0 Å². The van der Waals surface area contributed by atoms with Crippen LogP contribution in [0.25, 0.3) is 0 Å². The molecule has 0 radical (unpaired) electrons. The SMILES string of the molecule is CC[C@@H]1CCc2c(sc(NC(=O)c3cc(C)on3)c2C(=O)OC)C1. The number of nitrogens with one attached hydrogen (secondary N) is 1. The highest BCUT2D eigenvalue weighted by atomic mass is 32.1. The zero-order valence-electron chi connectivity index (χ0n) is 14.0. The van der Waals surface area contributed by atoms with Crippen LogP contribution in [0.3, 0.4) is 0 Å². The predicted molar refractivity (Wildman–Crippen MR) is 90.7 cm³/mol. The van der Waals surface area contributed by atoms with Crippen LogP contribution in [0.15, 0.2) is 10.6 Å². The first-order valence-electron chi connectivity index (χ1n) is 8.01. The summed E-state index contributed by atoms with van der Waals surface area (Å²) >= 11 is 1.46. The van der Waals surface area contributed by atoms with Crippen molar-refractivity contribution < 1.29 is 18.8 Å². The Morgan fingerprint density at radius 3 is 2.92 bits per heavy atom.